The fourth-order valence-corrected chi connectivity index (χ4v) is 0.955. The molecule has 2 heteroatoms. The van der Waals surface area contributed by atoms with E-state index in [0.29, 0.717) is 6.17 Å². The second-order valence-electron chi connectivity index (χ2n) is 2.88. The highest BCUT2D eigenvalue weighted by Gasteiger charge is 2.14. The maximum Gasteiger partial charge on any atom is 0.102 e. The van der Waals surface area contributed by atoms with Crippen molar-refractivity contribution in [2.45, 2.75) is 39.3 Å². The average Bonchev–Trinajstić information content (AvgIpc) is 2.67. The predicted molar refractivity (Wildman–Crippen MR) is 43.3 cm³/mol. The van der Waals surface area contributed by atoms with Crippen molar-refractivity contribution in [3.05, 3.63) is 11.6 Å². The van der Waals surface area contributed by atoms with Gasteiger partial charge in [0.2, 0.25) is 0 Å². The molecule has 0 amide bonds. The van der Waals surface area contributed by atoms with E-state index in [-0.39, 0.29) is 0 Å². The molecule has 0 radical (unpaired) electrons. The number of hydrogen-bond donors (Lipinski definition) is 2. The van der Waals surface area contributed by atoms with E-state index < -0.39 is 0 Å². The third-order valence-electron chi connectivity index (χ3n) is 1.69. The lowest BCUT2D eigenvalue weighted by Gasteiger charge is -1.96. The van der Waals surface area contributed by atoms with Crippen molar-refractivity contribution in [3.8, 4) is 0 Å². The van der Waals surface area contributed by atoms with E-state index in [0.717, 1.165) is 0 Å². The molecule has 10 heavy (non-hydrogen) atoms. The Bertz CT molecular complexity index is 125. The van der Waals surface area contributed by atoms with Crippen LogP contribution in [-0.4, -0.2) is 6.17 Å². The first-order valence-corrected chi connectivity index (χ1v) is 4.01. The van der Waals surface area contributed by atoms with Crippen LogP contribution < -0.4 is 10.9 Å². The van der Waals surface area contributed by atoms with Crippen LogP contribution in [0.15, 0.2) is 11.6 Å². The number of allylic oxidation sites excluding steroid dienone is 1. The van der Waals surface area contributed by atoms with Crippen LogP contribution in [0.2, 0.25) is 0 Å². The summed E-state index contributed by atoms with van der Waals surface area (Å²) in [6.45, 7) is 4.41. The molecule has 0 saturated carbocycles. The maximum atomic E-state index is 3.02. The second-order valence-corrected chi connectivity index (χ2v) is 2.88. The molecular weight excluding hydrogens is 124 g/mol. The van der Waals surface area contributed by atoms with Gasteiger partial charge in [-0.2, -0.15) is 0 Å². The van der Waals surface area contributed by atoms with Gasteiger partial charge in [-0.25, -0.2) is 10.9 Å². The van der Waals surface area contributed by atoms with Crippen LogP contribution in [0, 0.1) is 0 Å². The summed E-state index contributed by atoms with van der Waals surface area (Å²) in [5, 5.41) is 0. The van der Waals surface area contributed by atoms with Crippen molar-refractivity contribution in [1.82, 2.24) is 10.9 Å². The molecule has 1 rings (SSSR count). The molecule has 0 spiro atoms. The zero-order chi connectivity index (χ0) is 7.40. The summed E-state index contributed by atoms with van der Waals surface area (Å²) in [4.78, 5) is 0. The van der Waals surface area contributed by atoms with Gasteiger partial charge >= 0.3 is 0 Å². The topological polar surface area (TPSA) is 43.9 Å². The van der Waals surface area contributed by atoms with E-state index >= 15 is 0 Å². The number of hydrogen-bond acceptors (Lipinski definition) is 2. The van der Waals surface area contributed by atoms with Crippen molar-refractivity contribution in [2.75, 3.05) is 0 Å². The summed E-state index contributed by atoms with van der Waals surface area (Å²) >= 11 is 0. The van der Waals surface area contributed by atoms with Crippen molar-refractivity contribution >= 4 is 0 Å². The van der Waals surface area contributed by atoms with Gasteiger partial charge in [-0.05, 0) is 19.8 Å². The quantitative estimate of drug-likeness (QED) is 0.459. The van der Waals surface area contributed by atoms with E-state index in [2.05, 4.69) is 30.8 Å². The Morgan fingerprint density at radius 3 is 2.70 bits per heavy atom. The normalized spacial score (nSPS) is 19.6. The van der Waals surface area contributed by atoms with E-state index in [1.807, 2.05) is 0 Å². The monoisotopic (exact) mass is 140 g/mol. The first kappa shape index (κ1) is 7.76. The van der Waals surface area contributed by atoms with Gasteiger partial charge in [-0.3, -0.25) is 0 Å². The van der Waals surface area contributed by atoms with Gasteiger partial charge in [-0.1, -0.05) is 25.0 Å². The fraction of sp³-hybridized carbons (Fsp3) is 0.750. The van der Waals surface area contributed by atoms with Crippen LogP contribution in [-0.2, 0) is 0 Å². The second kappa shape index (κ2) is 3.74. The minimum Gasteiger partial charge on any atom is -0.234 e. The fourth-order valence-electron chi connectivity index (χ4n) is 0.955. The van der Waals surface area contributed by atoms with Crippen molar-refractivity contribution in [3.63, 3.8) is 0 Å². The van der Waals surface area contributed by atoms with Crippen LogP contribution in [0.4, 0.5) is 0 Å². The van der Waals surface area contributed by atoms with Gasteiger partial charge in [0.15, 0.2) is 0 Å². The van der Waals surface area contributed by atoms with Gasteiger partial charge in [0.1, 0.15) is 6.17 Å². The van der Waals surface area contributed by atoms with Crippen LogP contribution in [0.25, 0.3) is 0 Å². The first-order valence-electron chi connectivity index (χ1n) is 4.01. The summed E-state index contributed by atoms with van der Waals surface area (Å²) in [7, 11) is 0. The third kappa shape index (κ3) is 2.99. The van der Waals surface area contributed by atoms with Crippen LogP contribution >= 0.6 is 0 Å². The van der Waals surface area contributed by atoms with Gasteiger partial charge in [-0.15, -0.1) is 0 Å². The Labute approximate surface area is 62.7 Å². The van der Waals surface area contributed by atoms with Crippen LogP contribution in [0.1, 0.15) is 33.1 Å². The number of hydrazine groups is 1. The summed E-state index contributed by atoms with van der Waals surface area (Å²) < 4.78 is 0. The lowest BCUT2D eigenvalue weighted by molar-refractivity contribution is 0.784. The highest BCUT2D eigenvalue weighted by molar-refractivity contribution is 5.06. The average molecular weight is 140 g/mol. The lowest BCUT2D eigenvalue weighted by atomic mass is 10.1. The molecule has 0 bridgehead atoms. The van der Waals surface area contributed by atoms with Gasteiger partial charge in [0, 0.05) is 0 Å². The highest BCUT2D eigenvalue weighted by atomic mass is 15.6. The minimum atomic E-state index is 0.469. The Kier molecular flexibility index (Phi) is 2.90. The standard InChI is InChI=1S/C8H16N2/c1-3-4-5-7(2)6-8-9-10-8/h6,8-10H,3-5H2,1-2H3/b7-6-. The molecule has 0 aromatic carbocycles. The van der Waals surface area contributed by atoms with E-state index in [9.17, 15) is 0 Å². The lowest BCUT2D eigenvalue weighted by Crippen LogP contribution is -1.87. The van der Waals surface area contributed by atoms with Gasteiger partial charge in [0.05, 0.1) is 0 Å². The molecule has 1 fully saturated rings. The molecule has 0 aromatic heterocycles. The van der Waals surface area contributed by atoms with Crippen LogP contribution in [0.3, 0.4) is 0 Å². The first-order chi connectivity index (χ1) is 4.83. The summed E-state index contributed by atoms with van der Waals surface area (Å²) in [6.07, 6.45) is 6.56. The largest absolute Gasteiger partial charge is 0.234 e. The molecule has 1 aliphatic heterocycles. The predicted octanol–water partition coefficient (Wildman–Crippen LogP) is 1.56. The maximum absolute atomic E-state index is 3.02. The zero-order valence-electron chi connectivity index (χ0n) is 6.78. The molecule has 0 aromatic rings. The smallest absolute Gasteiger partial charge is 0.102 e. The highest BCUT2D eigenvalue weighted by Crippen LogP contribution is 2.07. The molecule has 2 N–H and O–H groups in total. The Morgan fingerprint density at radius 2 is 2.20 bits per heavy atom. The molecule has 58 valence electrons. The minimum absolute atomic E-state index is 0.469. The Morgan fingerprint density at radius 1 is 1.50 bits per heavy atom. The number of nitrogens with one attached hydrogen (secondary N) is 2. The number of unbranched alkanes of at least 4 members (excludes halogenated alkanes) is 1. The Hall–Kier alpha value is -0.340. The van der Waals surface area contributed by atoms with E-state index in [4.69, 9.17) is 0 Å². The Balaban J connectivity index is 2.11. The van der Waals surface area contributed by atoms with E-state index in [1.165, 1.54) is 24.8 Å². The van der Waals surface area contributed by atoms with Crippen molar-refractivity contribution in [2.24, 2.45) is 0 Å². The molecular formula is C8H16N2. The summed E-state index contributed by atoms with van der Waals surface area (Å²) in [5.41, 5.74) is 7.52. The number of rotatable bonds is 4. The van der Waals surface area contributed by atoms with Crippen LogP contribution in [0.5, 0.6) is 0 Å². The molecule has 0 atom stereocenters. The molecule has 1 heterocycles. The van der Waals surface area contributed by atoms with Gasteiger partial charge < -0.3 is 0 Å². The molecule has 2 nitrogen and oxygen atoms in total. The van der Waals surface area contributed by atoms with Gasteiger partial charge in [0.25, 0.3) is 0 Å². The van der Waals surface area contributed by atoms with Crippen molar-refractivity contribution in [1.29, 1.82) is 0 Å². The molecule has 0 unspecified atom stereocenters. The van der Waals surface area contributed by atoms with Crippen molar-refractivity contribution < 1.29 is 0 Å². The zero-order valence-corrected chi connectivity index (χ0v) is 6.78. The molecule has 0 aliphatic carbocycles. The third-order valence-corrected chi connectivity index (χ3v) is 1.69. The van der Waals surface area contributed by atoms with E-state index in [1.54, 1.807) is 0 Å². The SMILES string of the molecule is CCCC/C(C)=C\C1NN1. The summed E-state index contributed by atoms with van der Waals surface area (Å²) in [5.74, 6) is 0. The molecule has 1 saturated heterocycles. The summed E-state index contributed by atoms with van der Waals surface area (Å²) in [6, 6.07) is 0. The molecule has 1 aliphatic rings.